The summed E-state index contributed by atoms with van der Waals surface area (Å²) in [7, 11) is 1.35. The molecule has 0 bridgehead atoms. The second-order valence-corrected chi connectivity index (χ2v) is 4.71. The lowest BCUT2D eigenvalue weighted by Crippen LogP contribution is -2.12. The molecule has 2 rings (SSSR count). The van der Waals surface area contributed by atoms with Crippen molar-refractivity contribution in [1.82, 2.24) is 0 Å². The van der Waals surface area contributed by atoms with E-state index in [4.69, 9.17) is 10.5 Å². The van der Waals surface area contributed by atoms with Gasteiger partial charge in [-0.05, 0) is 42.8 Å². The summed E-state index contributed by atoms with van der Waals surface area (Å²) in [5.74, 6) is -0.799. The number of carbonyl (C=O) groups excluding carboxylic acids is 1. The highest BCUT2D eigenvalue weighted by Crippen LogP contribution is 2.20. The topological polar surface area (TPSA) is 64.3 Å². The first-order valence-electron chi connectivity index (χ1n) is 6.51. The largest absolute Gasteiger partial charge is 0.494 e. The van der Waals surface area contributed by atoms with E-state index in [0.29, 0.717) is 11.3 Å². The van der Waals surface area contributed by atoms with Crippen LogP contribution in [0.15, 0.2) is 42.5 Å². The van der Waals surface area contributed by atoms with Crippen LogP contribution in [-0.4, -0.2) is 13.0 Å². The number of nitrogens with two attached hydrogens (primary N) is 1. The molecular formula is C16H17FN2O2. The SMILES string of the molecule is COc1cc(C(=O)Nc2ccc(C(C)N)cc2)ccc1F. The van der Waals surface area contributed by atoms with Crippen LogP contribution in [0.4, 0.5) is 10.1 Å². The first kappa shape index (κ1) is 15.0. The summed E-state index contributed by atoms with van der Waals surface area (Å²) in [5.41, 5.74) is 7.72. The molecule has 4 nitrogen and oxygen atoms in total. The van der Waals surface area contributed by atoms with Crippen LogP contribution in [-0.2, 0) is 0 Å². The third-order valence-corrected chi connectivity index (χ3v) is 3.11. The maximum Gasteiger partial charge on any atom is 0.255 e. The molecule has 1 unspecified atom stereocenters. The molecule has 0 aromatic heterocycles. The van der Waals surface area contributed by atoms with Gasteiger partial charge in [0, 0.05) is 17.3 Å². The Morgan fingerprint density at radius 2 is 1.90 bits per heavy atom. The number of ether oxygens (including phenoxy) is 1. The number of hydrogen-bond acceptors (Lipinski definition) is 3. The minimum atomic E-state index is -0.504. The Kier molecular flexibility index (Phi) is 4.55. The zero-order valence-electron chi connectivity index (χ0n) is 11.9. The highest BCUT2D eigenvalue weighted by atomic mass is 19.1. The third-order valence-electron chi connectivity index (χ3n) is 3.11. The maximum absolute atomic E-state index is 13.3. The number of hydrogen-bond donors (Lipinski definition) is 2. The van der Waals surface area contributed by atoms with Gasteiger partial charge in [0.05, 0.1) is 7.11 Å². The predicted molar refractivity (Wildman–Crippen MR) is 79.9 cm³/mol. The zero-order chi connectivity index (χ0) is 15.4. The van der Waals surface area contributed by atoms with Crippen molar-refractivity contribution in [2.75, 3.05) is 12.4 Å². The summed E-state index contributed by atoms with van der Waals surface area (Å²) in [5, 5.41) is 2.74. The number of carbonyl (C=O) groups is 1. The monoisotopic (exact) mass is 288 g/mol. The summed E-state index contributed by atoms with van der Waals surface area (Å²) in [6.45, 7) is 1.89. The van der Waals surface area contributed by atoms with Crippen molar-refractivity contribution in [1.29, 1.82) is 0 Å². The van der Waals surface area contributed by atoms with Gasteiger partial charge in [0.25, 0.3) is 5.91 Å². The van der Waals surface area contributed by atoms with Crippen LogP contribution in [0.3, 0.4) is 0 Å². The van der Waals surface area contributed by atoms with E-state index in [-0.39, 0.29) is 17.7 Å². The van der Waals surface area contributed by atoms with Crippen LogP contribution < -0.4 is 15.8 Å². The molecule has 110 valence electrons. The summed E-state index contributed by atoms with van der Waals surface area (Å²) in [6.07, 6.45) is 0. The van der Waals surface area contributed by atoms with Crippen LogP contribution in [0.25, 0.3) is 0 Å². The van der Waals surface area contributed by atoms with Crippen LogP contribution in [0.1, 0.15) is 28.9 Å². The molecule has 1 amide bonds. The minimum Gasteiger partial charge on any atom is -0.494 e. The van der Waals surface area contributed by atoms with Crippen LogP contribution >= 0.6 is 0 Å². The van der Waals surface area contributed by atoms with Gasteiger partial charge in [-0.2, -0.15) is 0 Å². The van der Waals surface area contributed by atoms with Crippen molar-refractivity contribution < 1.29 is 13.9 Å². The normalized spacial score (nSPS) is 11.8. The van der Waals surface area contributed by atoms with Crippen molar-refractivity contribution in [3.05, 3.63) is 59.4 Å². The number of methoxy groups -OCH3 is 1. The molecule has 0 saturated heterocycles. The number of benzene rings is 2. The predicted octanol–water partition coefficient (Wildman–Crippen LogP) is 3.11. The Balaban J connectivity index is 2.14. The maximum atomic E-state index is 13.3. The van der Waals surface area contributed by atoms with Gasteiger partial charge >= 0.3 is 0 Å². The molecule has 1 atom stereocenters. The van der Waals surface area contributed by atoms with Gasteiger partial charge in [0.15, 0.2) is 11.6 Å². The molecule has 21 heavy (non-hydrogen) atoms. The van der Waals surface area contributed by atoms with Crippen molar-refractivity contribution >= 4 is 11.6 Å². The molecule has 0 aliphatic carbocycles. The number of rotatable bonds is 4. The lowest BCUT2D eigenvalue weighted by molar-refractivity contribution is 0.102. The molecule has 0 radical (unpaired) electrons. The molecule has 0 aliphatic heterocycles. The molecule has 0 aliphatic rings. The van der Waals surface area contributed by atoms with E-state index < -0.39 is 5.82 Å². The average Bonchev–Trinajstić information content (AvgIpc) is 2.48. The minimum absolute atomic E-state index is 0.0370. The van der Waals surface area contributed by atoms with Gasteiger partial charge in [-0.3, -0.25) is 4.79 Å². The van der Waals surface area contributed by atoms with Gasteiger partial charge in [0.1, 0.15) is 0 Å². The summed E-state index contributed by atoms with van der Waals surface area (Å²) in [4.78, 5) is 12.1. The fraction of sp³-hybridized carbons (Fsp3) is 0.188. The highest BCUT2D eigenvalue weighted by Gasteiger charge is 2.10. The van der Waals surface area contributed by atoms with Crippen molar-refractivity contribution in [3.63, 3.8) is 0 Å². The van der Waals surface area contributed by atoms with E-state index in [1.54, 1.807) is 12.1 Å². The van der Waals surface area contributed by atoms with E-state index in [0.717, 1.165) is 5.56 Å². The number of amides is 1. The van der Waals surface area contributed by atoms with E-state index >= 15 is 0 Å². The van der Waals surface area contributed by atoms with Gasteiger partial charge in [0.2, 0.25) is 0 Å². The van der Waals surface area contributed by atoms with Crippen molar-refractivity contribution in [3.8, 4) is 5.75 Å². The van der Waals surface area contributed by atoms with Gasteiger partial charge in [-0.15, -0.1) is 0 Å². The quantitative estimate of drug-likeness (QED) is 0.908. The average molecular weight is 288 g/mol. The Bertz CT molecular complexity index is 639. The van der Waals surface area contributed by atoms with Gasteiger partial charge in [-0.25, -0.2) is 4.39 Å². The zero-order valence-corrected chi connectivity index (χ0v) is 11.9. The Morgan fingerprint density at radius 1 is 1.24 bits per heavy atom. The standard InChI is InChI=1S/C16H17FN2O2/c1-10(18)11-3-6-13(7-4-11)19-16(20)12-5-8-14(17)15(9-12)21-2/h3-10H,18H2,1-2H3,(H,19,20). The molecule has 2 aromatic carbocycles. The Morgan fingerprint density at radius 3 is 2.48 bits per heavy atom. The molecule has 0 fully saturated rings. The number of nitrogens with one attached hydrogen (secondary N) is 1. The van der Waals surface area contributed by atoms with Crippen LogP contribution in [0.2, 0.25) is 0 Å². The molecule has 3 N–H and O–H groups in total. The van der Waals surface area contributed by atoms with E-state index in [1.165, 1.54) is 25.3 Å². The number of halogens is 1. The second kappa shape index (κ2) is 6.37. The molecule has 0 spiro atoms. The lowest BCUT2D eigenvalue weighted by atomic mass is 10.1. The third kappa shape index (κ3) is 3.58. The Hall–Kier alpha value is -2.40. The molecule has 0 heterocycles. The van der Waals surface area contributed by atoms with Crippen LogP contribution in [0, 0.1) is 5.82 Å². The van der Waals surface area contributed by atoms with E-state index in [1.807, 2.05) is 19.1 Å². The van der Waals surface area contributed by atoms with Gasteiger partial charge < -0.3 is 15.8 Å². The lowest BCUT2D eigenvalue weighted by Gasteiger charge is -2.09. The highest BCUT2D eigenvalue weighted by molar-refractivity contribution is 6.04. The van der Waals surface area contributed by atoms with E-state index in [2.05, 4.69) is 5.32 Å². The summed E-state index contributed by atoms with van der Waals surface area (Å²) < 4.78 is 18.2. The molecule has 5 heteroatoms. The fourth-order valence-electron chi connectivity index (χ4n) is 1.87. The van der Waals surface area contributed by atoms with Gasteiger partial charge in [-0.1, -0.05) is 12.1 Å². The molecule has 2 aromatic rings. The first-order valence-corrected chi connectivity index (χ1v) is 6.51. The van der Waals surface area contributed by atoms with E-state index in [9.17, 15) is 9.18 Å². The fourth-order valence-corrected chi connectivity index (χ4v) is 1.87. The van der Waals surface area contributed by atoms with Crippen molar-refractivity contribution in [2.45, 2.75) is 13.0 Å². The Labute approximate surface area is 122 Å². The summed E-state index contributed by atoms with van der Waals surface area (Å²) >= 11 is 0. The molecule has 0 saturated carbocycles. The first-order chi connectivity index (χ1) is 10.0. The van der Waals surface area contributed by atoms with Crippen LogP contribution in [0.5, 0.6) is 5.75 Å². The van der Waals surface area contributed by atoms with Crippen molar-refractivity contribution in [2.24, 2.45) is 5.73 Å². The molecular weight excluding hydrogens is 271 g/mol. The smallest absolute Gasteiger partial charge is 0.255 e. The number of anilines is 1. The summed E-state index contributed by atoms with van der Waals surface area (Å²) in [6, 6.07) is 11.2. The second-order valence-electron chi connectivity index (χ2n) is 4.71.